The monoisotopic (exact) mass is 310 g/mol. The van der Waals surface area contributed by atoms with Crippen molar-refractivity contribution in [2.24, 2.45) is 0 Å². The first kappa shape index (κ1) is 14.6. The number of carbonyl (C=O) groups is 2. The summed E-state index contributed by atoms with van der Waals surface area (Å²) in [6.45, 7) is 0. The number of hydrogen-bond acceptors (Lipinski definition) is 4. The van der Waals surface area contributed by atoms with Gasteiger partial charge in [0.1, 0.15) is 11.5 Å². The van der Waals surface area contributed by atoms with Crippen molar-refractivity contribution in [3.63, 3.8) is 0 Å². The first-order valence-corrected chi connectivity index (χ1v) is 6.72. The summed E-state index contributed by atoms with van der Waals surface area (Å²) in [5.41, 5.74) is 5.40. The average Bonchev–Trinajstić information content (AvgIpc) is 2.59. The summed E-state index contributed by atoms with van der Waals surface area (Å²) in [5, 5.41) is 0. The molecule has 2 amide bonds. The minimum Gasteiger partial charge on any atom is -0.267 e. The molecule has 0 aliphatic heterocycles. The number of para-hydroxylation sites is 2. The zero-order valence-electron chi connectivity index (χ0n) is 11.8. The zero-order valence-corrected chi connectivity index (χ0v) is 11.8. The smallest absolute Gasteiger partial charge is 0.267 e. The first-order valence-electron chi connectivity index (χ1n) is 6.72. The van der Waals surface area contributed by atoms with Crippen LogP contribution in [-0.4, -0.2) is 21.8 Å². The van der Waals surface area contributed by atoms with E-state index < -0.39 is 17.6 Å². The van der Waals surface area contributed by atoms with Crippen molar-refractivity contribution < 1.29 is 14.0 Å². The maximum atomic E-state index is 13.5. The summed E-state index contributed by atoms with van der Waals surface area (Å²) in [6, 6.07) is 12.5. The Morgan fingerprint density at radius 1 is 0.870 bits per heavy atom. The van der Waals surface area contributed by atoms with Crippen molar-refractivity contribution in [3.8, 4) is 0 Å². The molecule has 3 aromatic rings. The van der Waals surface area contributed by atoms with Crippen LogP contribution in [0.15, 0.2) is 54.7 Å². The highest BCUT2D eigenvalue weighted by molar-refractivity contribution is 5.98. The van der Waals surface area contributed by atoms with Crippen molar-refractivity contribution in [2.45, 2.75) is 0 Å². The van der Waals surface area contributed by atoms with Gasteiger partial charge in [-0.1, -0.05) is 24.3 Å². The predicted octanol–water partition coefficient (Wildman–Crippen LogP) is 1.84. The number of hydrogen-bond donors (Lipinski definition) is 2. The topological polar surface area (TPSA) is 84.0 Å². The molecule has 0 fully saturated rings. The molecule has 0 spiro atoms. The van der Waals surface area contributed by atoms with Crippen LogP contribution in [0.3, 0.4) is 0 Å². The van der Waals surface area contributed by atoms with Crippen molar-refractivity contribution >= 4 is 22.8 Å². The largest absolute Gasteiger partial charge is 0.289 e. The Morgan fingerprint density at radius 3 is 2.30 bits per heavy atom. The summed E-state index contributed by atoms with van der Waals surface area (Å²) in [5.74, 6) is -2.08. The van der Waals surface area contributed by atoms with Crippen LogP contribution in [0, 0.1) is 5.82 Å². The van der Waals surface area contributed by atoms with Crippen LogP contribution in [0.4, 0.5) is 4.39 Å². The van der Waals surface area contributed by atoms with E-state index in [-0.39, 0.29) is 11.3 Å². The lowest BCUT2D eigenvalue weighted by Crippen LogP contribution is -2.42. The Balaban J connectivity index is 1.71. The minimum atomic E-state index is -0.759. The van der Waals surface area contributed by atoms with Gasteiger partial charge in [-0.05, 0) is 24.3 Å². The van der Waals surface area contributed by atoms with E-state index in [1.807, 2.05) is 6.07 Å². The maximum Gasteiger partial charge on any atom is 0.289 e. The van der Waals surface area contributed by atoms with E-state index in [0.29, 0.717) is 11.0 Å². The highest BCUT2D eigenvalue weighted by Crippen LogP contribution is 2.08. The van der Waals surface area contributed by atoms with E-state index >= 15 is 0 Å². The molecule has 2 aromatic carbocycles. The molecule has 0 aliphatic rings. The highest BCUT2D eigenvalue weighted by Gasteiger charge is 2.13. The molecule has 7 heteroatoms. The summed E-state index contributed by atoms with van der Waals surface area (Å²) >= 11 is 0. The third-order valence-electron chi connectivity index (χ3n) is 3.09. The summed E-state index contributed by atoms with van der Waals surface area (Å²) in [6.07, 6.45) is 1.30. The van der Waals surface area contributed by atoms with Gasteiger partial charge in [0, 0.05) is 0 Å². The fourth-order valence-corrected chi connectivity index (χ4v) is 1.96. The van der Waals surface area contributed by atoms with Crippen LogP contribution >= 0.6 is 0 Å². The lowest BCUT2D eigenvalue weighted by atomic mass is 10.2. The Labute approximate surface area is 130 Å². The average molecular weight is 310 g/mol. The Kier molecular flexibility index (Phi) is 3.92. The standard InChI is InChI=1S/C16H11FN4O2/c17-11-6-2-1-5-10(11)15(22)20-21-16(23)14-9-18-12-7-3-4-8-13(12)19-14/h1-9H,(H,20,22)(H,21,23). The van der Waals surface area contributed by atoms with Crippen LogP contribution in [-0.2, 0) is 0 Å². The third-order valence-corrected chi connectivity index (χ3v) is 3.09. The molecule has 0 unspecified atom stereocenters. The van der Waals surface area contributed by atoms with Gasteiger partial charge in [-0.2, -0.15) is 0 Å². The number of aromatic nitrogens is 2. The number of nitrogens with one attached hydrogen (secondary N) is 2. The van der Waals surface area contributed by atoms with Crippen molar-refractivity contribution in [2.75, 3.05) is 0 Å². The molecule has 1 aromatic heterocycles. The molecule has 1 heterocycles. The van der Waals surface area contributed by atoms with Gasteiger partial charge in [-0.15, -0.1) is 0 Å². The first-order chi connectivity index (χ1) is 11.1. The summed E-state index contributed by atoms with van der Waals surface area (Å²) in [4.78, 5) is 32.0. The number of amides is 2. The molecular weight excluding hydrogens is 299 g/mol. The molecule has 0 saturated carbocycles. The van der Waals surface area contributed by atoms with Crippen LogP contribution in [0.25, 0.3) is 11.0 Å². The van der Waals surface area contributed by atoms with Crippen molar-refractivity contribution in [1.29, 1.82) is 0 Å². The summed E-state index contributed by atoms with van der Waals surface area (Å²) < 4.78 is 13.5. The van der Waals surface area contributed by atoms with Gasteiger partial charge in [-0.3, -0.25) is 25.4 Å². The second kappa shape index (κ2) is 6.18. The second-order valence-electron chi connectivity index (χ2n) is 4.63. The molecule has 3 rings (SSSR count). The van der Waals surface area contributed by atoms with Crippen molar-refractivity contribution in [3.05, 3.63) is 71.8 Å². The van der Waals surface area contributed by atoms with Gasteiger partial charge < -0.3 is 0 Å². The lowest BCUT2D eigenvalue weighted by molar-refractivity contribution is 0.0841. The molecule has 0 bridgehead atoms. The quantitative estimate of drug-likeness (QED) is 0.707. The maximum absolute atomic E-state index is 13.5. The molecule has 6 nitrogen and oxygen atoms in total. The van der Waals surface area contributed by atoms with Gasteiger partial charge in [0.05, 0.1) is 22.8 Å². The lowest BCUT2D eigenvalue weighted by Gasteiger charge is -2.07. The van der Waals surface area contributed by atoms with Crippen LogP contribution in [0.5, 0.6) is 0 Å². The highest BCUT2D eigenvalue weighted by atomic mass is 19.1. The van der Waals surface area contributed by atoms with Gasteiger partial charge in [0.2, 0.25) is 0 Å². The van der Waals surface area contributed by atoms with Crippen LogP contribution in [0.1, 0.15) is 20.8 Å². The van der Waals surface area contributed by atoms with Crippen LogP contribution < -0.4 is 10.9 Å². The molecule has 0 aliphatic carbocycles. The van der Waals surface area contributed by atoms with Crippen molar-refractivity contribution in [1.82, 2.24) is 20.8 Å². The van der Waals surface area contributed by atoms with Gasteiger partial charge in [-0.25, -0.2) is 9.37 Å². The molecule has 0 atom stereocenters. The van der Waals surface area contributed by atoms with E-state index in [9.17, 15) is 14.0 Å². The fourth-order valence-electron chi connectivity index (χ4n) is 1.96. The number of fused-ring (bicyclic) bond motifs is 1. The van der Waals surface area contributed by atoms with Gasteiger partial charge >= 0.3 is 0 Å². The molecular formula is C16H11FN4O2. The molecule has 2 N–H and O–H groups in total. The third kappa shape index (κ3) is 3.13. The molecule has 23 heavy (non-hydrogen) atoms. The number of hydrazine groups is 1. The second-order valence-corrected chi connectivity index (χ2v) is 4.63. The summed E-state index contributed by atoms with van der Waals surface area (Å²) in [7, 11) is 0. The van der Waals surface area contributed by atoms with Gasteiger partial charge in [0.25, 0.3) is 11.8 Å². The van der Waals surface area contributed by atoms with E-state index in [0.717, 1.165) is 6.07 Å². The normalized spacial score (nSPS) is 10.3. The van der Waals surface area contributed by atoms with Crippen LogP contribution in [0.2, 0.25) is 0 Å². The fraction of sp³-hybridized carbons (Fsp3) is 0. The zero-order chi connectivity index (χ0) is 16.2. The predicted molar refractivity (Wildman–Crippen MR) is 80.9 cm³/mol. The number of rotatable bonds is 2. The number of halogens is 1. The van der Waals surface area contributed by atoms with E-state index in [1.165, 1.54) is 24.4 Å². The van der Waals surface area contributed by atoms with E-state index in [4.69, 9.17) is 0 Å². The van der Waals surface area contributed by atoms with Gasteiger partial charge in [0.15, 0.2) is 0 Å². The SMILES string of the molecule is O=C(NNC(=O)c1ccccc1F)c1cnc2ccccc2n1. The minimum absolute atomic E-state index is 0.0394. The number of benzene rings is 2. The molecule has 0 radical (unpaired) electrons. The molecule has 0 saturated heterocycles. The van der Waals surface area contributed by atoms with E-state index in [1.54, 1.807) is 18.2 Å². The molecule has 114 valence electrons. The Bertz CT molecular complexity index is 898. The Morgan fingerprint density at radius 2 is 1.52 bits per heavy atom. The van der Waals surface area contributed by atoms with E-state index in [2.05, 4.69) is 20.8 Å². The number of carbonyl (C=O) groups excluding carboxylic acids is 2. The Hall–Kier alpha value is -3.35. The number of nitrogens with zero attached hydrogens (tertiary/aromatic N) is 2.